The molecule has 3 nitrogen and oxygen atoms in total. The summed E-state index contributed by atoms with van der Waals surface area (Å²) in [5.74, 6) is 0.813. The number of ether oxygens (including phenoxy) is 1. The van der Waals surface area contributed by atoms with Gasteiger partial charge in [0.05, 0.1) is 12.8 Å². The standard InChI is InChI=1S/C9H10N2O/c1-7-6-11-8(10-7)4-3-5-9(11)12-2/h3-6H,1-2H3. The lowest BCUT2D eigenvalue weighted by molar-refractivity contribution is 0.392. The fourth-order valence-electron chi connectivity index (χ4n) is 1.27. The first-order valence-electron chi connectivity index (χ1n) is 3.80. The summed E-state index contributed by atoms with van der Waals surface area (Å²) in [7, 11) is 1.66. The number of pyridine rings is 1. The molecule has 62 valence electrons. The molecule has 0 N–H and O–H groups in total. The summed E-state index contributed by atoms with van der Waals surface area (Å²) >= 11 is 0. The van der Waals surface area contributed by atoms with Gasteiger partial charge in [0.1, 0.15) is 5.65 Å². The first-order chi connectivity index (χ1) is 5.81. The van der Waals surface area contributed by atoms with E-state index < -0.39 is 0 Å². The second-order valence-electron chi connectivity index (χ2n) is 2.68. The van der Waals surface area contributed by atoms with E-state index in [1.807, 2.05) is 35.7 Å². The highest BCUT2D eigenvalue weighted by Crippen LogP contribution is 2.13. The third-order valence-electron chi connectivity index (χ3n) is 1.78. The number of nitrogens with zero attached hydrogens (tertiary/aromatic N) is 2. The van der Waals surface area contributed by atoms with Crippen molar-refractivity contribution in [2.75, 3.05) is 7.11 Å². The molecular formula is C9H10N2O. The number of hydrogen-bond acceptors (Lipinski definition) is 2. The van der Waals surface area contributed by atoms with Gasteiger partial charge >= 0.3 is 0 Å². The van der Waals surface area contributed by atoms with Crippen LogP contribution in [0.2, 0.25) is 0 Å². The topological polar surface area (TPSA) is 26.5 Å². The number of imidazole rings is 1. The Morgan fingerprint density at radius 1 is 1.42 bits per heavy atom. The maximum absolute atomic E-state index is 5.16. The molecule has 2 rings (SSSR count). The zero-order valence-electron chi connectivity index (χ0n) is 7.11. The summed E-state index contributed by atoms with van der Waals surface area (Å²) in [6, 6.07) is 5.80. The van der Waals surface area contributed by atoms with E-state index in [1.165, 1.54) is 0 Å². The normalized spacial score (nSPS) is 10.5. The van der Waals surface area contributed by atoms with Crippen LogP contribution in [-0.4, -0.2) is 16.5 Å². The summed E-state index contributed by atoms with van der Waals surface area (Å²) in [5, 5.41) is 0. The molecule has 0 bridgehead atoms. The minimum absolute atomic E-state index is 0.813. The Balaban J connectivity index is 2.78. The Kier molecular flexibility index (Phi) is 1.50. The highest BCUT2D eigenvalue weighted by atomic mass is 16.5. The van der Waals surface area contributed by atoms with Crippen molar-refractivity contribution < 1.29 is 4.74 Å². The third-order valence-corrected chi connectivity index (χ3v) is 1.78. The molecule has 0 aliphatic rings. The van der Waals surface area contributed by atoms with Crippen molar-refractivity contribution in [2.24, 2.45) is 0 Å². The van der Waals surface area contributed by atoms with Crippen LogP contribution < -0.4 is 4.74 Å². The van der Waals surface area contributed by atoms with Crippen LogP contribution in [0.3, 0.4) is 0 Å². The van der Waals surface area contributed by atoms with Gasteiger partial charge in [0.15, 0.2) is 5.88 Å². The molecule has 0 saturated heterocycles. The van der Waals surface area contributed by atoms with Crippen LogP contribution in [0.4, 0.5) is 0 Å². The number of hydrogen-bond donors (Lipinski definition) is 0. The lowest BCUT2D eigenvalue weighted by Gasteiger charge is -2.01. The number of methoxy groups -OCH3 is 1. The maximum Gasteiger partial charge on any atom is 0.198 e. The molecule has 0 unspecified atom stereocenters. The first-order valence-corrected chi connectivity index (χ1v) is 3.80. The van der Waals surface area contributed by atoms with Crippen LogP contribution in [0.25, 0.3) is 5.65 Å². The van der Waals surface area contributed by atoms with E-state index in [0.717, 1.165) is 17.2 Å². The van der Waals surface area contributed by atoms with Crippen LogP contribution in [-0.2, 0) is 0 Å². The van der Waals surface area contributed by atoms with Crippen LogP contribution in [0.1, 0.15) is 5.69 Å². The molecule has 2 heterocycles. The van der Waals surface area contributed by atoms with E-state index in [0.29, 0.717) is 0 Å². The molecule has 0 saturated carbocycles. The van der Waals surface area contributed by atoms with Crippen LogP contribution in [0, 0.1) is 6.92 Å². The average molecular weight is 162 g/mol. The molecule has 0 spiro atoms. The quantitative estimate of drug-likeness (QED) is 0.637. The van der Waals surface area contributed by atoms with Gasteiger partial charge < -0.3 is 4.74 Å². The smallest absolute Gasteiger partial charge is 0.198 e. The van der Waals surface area contributed by atoms with Crippen molar-refractivity contribution in [3.63, 3.8) is 0 Å². The van der Waals surface area contributed by atoms with Crippen LogP contribution >= 0.6 is 0 Å². The van der Waals surface area contributed by atoms with E-state index in [1.54, 1.807) is 7.11 Å². The van der Waals surface area contributed by atoms with E-state index in [4.69, 9.17) is 4.74 Å². The van der Waals surface area contributed by atoms with Crippen LogP contribution in [0.15, 0.2) is 24.4 Å². The SMILES string of the molecule is COc1cccc2nc(C)cn12. The molecule has 0 amide bonds. The summed E-state index contributed by atoms with van der Waals surface area (Å²) in [4.78, 5) is 4.30. The monoisotopic (exact) mass is 162 g/mol. The van der Waals surface area contributed by atoms with Crippen molar-refractivity contribution in [1.29, 1.82) is 0 Å². The summed E-state index contributed by atoms with van der Waals surface area (Å²) in [6.07, 6.45) is 1.95. The maximum atomic E-state index is 5.16. The Hall–Kier alpha value is -1.51. The molecular weight excluding hydrogens is 152 g/mol. The highest BCUT2D eigenvalue weighted by molar-refractivity contribution is 5.43. The zero-order chi connectivity index (χ0) is 8.55. The Morgan fingerprint density at radius 2 is 2.25 bits per heavy atom. The van der Waals surface area contributed by atoms with Gasteiger partial charge in [0, 0.05) is 6.20 Å². The van der Waals surface area contributed by atoms with E-state index in [9.17, 15) is 0 Å². The molecule has 0 aromatic carbocycles. The molecule has 0 radical (unpaired) electrons. The predicted octanol–water partition coefficient (Wildman–Crippen LogP) is 1.65. The van der Waals surface area contributed by atoms with Gasteiger partial charge in [-0.15, -0.1) is 0 Å². The fourth-order valence-corrected chi connectivity index (χ4v) is 1.27. The van der Waals surface area contributed by atoms with Gasteiger partial charge in [-0.1, -0.05) is 6.07 Å². The van der Waals surface area contributed by atoms with E-state index in [2.05, 4.69) is 4.98 Å². The molecule has 0 atom stereocenters. The van der Waals surface area contributed by atoms with Gasteiger partial charge in [-0.25, -0.2) is 4.98 Å². The molecule has 0 aliphatic heterocycles. The van der Waals surface area contributed by atoms with Crippen molar-refractivity contribution >= 4 is 5.65 Å². The van der Waals surface area contributed by atoms with Gasteiger partial charge in [-0.05, 0) is 19.1 Å². The summed E-state index contributed by atoms with van der Waals surface area (Å²) in [6.45, 7) is 1.96. The Morgan fingerprint density at radius 3 is 3.00 bits per heavy atom. The van der Waals surface area contributed by atoms with Crippen molar-refractivity contribution in [3.05, 3.63) is 30.1 Å². The first kappa shape index (κ1) is 7.16. The summed E-state index contributed by atoms with van der Waals surface area (Å²) in [5.41, 5.74) is 1.92. The third kappa shape index (κ3) is 0.942. The number of aryl methyl sites for hydroxylation is 1. The minimum Gasteiger partial charge on any atom is -0.482 e. The highest BCUT2D eigenvalue weighted by Gasteiger charge is 2.00. The van der Waals surface area contributed by atoms with Crippen LogP contribution in [0.5, 0.6) is 5.88 Å². The van der Waals surface area contributed by atoms with Gasteiger partial charge in [0.25, 0.3) is 0 Å². The van der Waals surface area contributed by atoms with Gasteiger partial charge in [-0.3, -0.25) is 4.40 Å². The average Bonchev–Trinajstić information content (AvgIpc) is 2.44. The number of fused-ring (bicyclic) bond motifs is 1. The second-order valence-corrected chi connectivity index (χ2v) is 2.68. The van der Waals surface area contributed by atoms with Crippen molar-refractivity contribution in [3.8, 4) is 5.88 Å². The molecule has 2 aromatic heterocycles. The van der Waals surface area contributed by atoms with Gasteiger partial charge in [0.2, 0.25) is 0 Å². The molecule has 0 fully saturated rings. The second kappa shape index (κ2) is 2.52. The lowest BCUT2D eigenvalue weighted by atomic mass is 10.4. The van der Waals surface area contributed by atoms with Crippen molar-refractivity contribution in [2.45, 2.75) is 6.92 Å². The molecule has 12 heavy (non-hydrogen) atoms. The zero-order valence-corrected chi connectivity index (χ0v) is 7.11. The molecule has 3 heteroatoms. The lowest BCUT2D eigenvalue weighted by Crippen LogP contribution is -1.91. The van der Waals surface area contributed by atoms with Gasteiger partial charge in [-0.2, -0.15) is 0 Å². The largest absolute Gasteiger partial charge is 0.482 e. The Bertz CT molecular complexity index is 406. The number of aromatic nitrogens is 2. The molecule has 0 aliphatic carbocycles. The Labute approximate surface area is 70.6 Å². The van der Waals surface area contributed by atoms with E-state index >= 15 is 0 Å². The minimum atomic E-state index is 0.813. The number of rotatable bonds is 1. The van der Waals surface area contributed by atoms with Crippen molar-refractivity contribution in [1.82, 2.24) is 9.38 Å². The van der Waals surface area contributed by atoms with E-state index in [-0.39, 0.29) is 0 Å². The molecule has 2 aromatic rings. The fraction of sp³-hybridized carbons (Fsp3) is 0.222. The summed E-state index contributed by atoms with van der Waals surface area (Å²) < 4.78 is 7.09. The predicted molar refractivity (Wildman–Crippen MR) is 46.5 cm³/mol.